The van der Waals surface area contributed by atoms with Crippen LogP contribution in [-0.2, 0) is 6.42 Å². The van der Waals surface area contributed by atoms with Crippen molar-refractivity contribution in [3.05, 3.63) is 53.0 Å². The van der Waals surface area contributed by atoms with Gasteiger partial charge in [-0.2, -0.15) is 0 Å². The van der Waals surface area contributed by atoms with Gasteiger partial charge in [0.1, 0.15) is 6.33 Å². The number of nitrogens with zero attached hydrogens (tertiary/aromatic N) is 2. The molecule has 0 saturated carbocycles. The third-order valence-corrected chi connectivity index (χ3v) is 2.96. The number of halogens is 1. The van der Waals surface area contributed by atoms with Gasteiger partial charge >= 0.3 is 0 Å². The van der Waals surface area contributed by atoms with Crippen LogP contribution in [-0.4, -0.2) is 16.0 Å². The van der Waals surface area contributed by atoms with E-state index in [0.29, 0.717) is 6.04 Å². The van der Waals surface area contributed by atoms with Crippen LogP contribution in [0.4, 0.5) is 5.69 Å². The van der Waals surface area contributed by atoms with Crippen LogP contribution in [0, 0.1) is 0 Å². The van der Waals surface area contributed by atoms with Gasteiger partial charge in [-0.3, -0.25) is 0 Å². The van der Waals surface area contributed by atoms with E-state index in [0.717, 1.165) is 16.6 Å². The highest BCUT2D eigenvalue weighted by Crippen LogP contribution is 2.13. The number of benzene rings is 1. The van der Waals surface area contributed by atoms with Gasteiger partial charge in [-0.25, -0.2) is 9.97 Å². The second-order valence-electron chi connectivity index (χ2n) is 4.00. The first-order valence-corrected chi connectivity index (χ1v) is 6.29. The molecule has 0 amide bonds. The Morgan fingerprint density at radius 2 is 1.82 bits per heavy atom. The largest absolute Gasteiger partial charge is 0.380 e. The van der Waals surface area contributed by atoms with Crippen molar-refractivity contribution in [3.63, 3.8) is 0 Å². The molecule has 1 aromatic carbocycles. The zero-order chi connectivity index (χ0) is 12.1. The molecular formula is C13H14BrN3. The van der Waals surface area contributed by atoms with E-state index < -0.39 is 0 Å². The van der Waals surface area contributed by atoms with E-state index in [1.54, 1.807) is 12.4 Å². The molecule has 0 spiro atoms. The summed E-state index contributed by atoms with van der Waals surface area (Å²) in [5.41, 5.74) is 2.27. The molecule has 0 fully saturated rings. The monoisotopic (exact) mass is 291 g/mol. The maximum atomic E-state index is 3.98. The lowest BCUT2D eigenvalue weighted by Crippen LogP contribution is -2.18. The van der Waals surface area contributed by atoms with Gasteiger partial charge in [-0.15, -0.1) is 0 Å². The van der Waals surface area contributed by atoms with Gasteiger partial charge in [0.2, 0.25) is 0 Å². The average Bonchev–Trinajstić information content (AvgIpc) is 2.33. The molecule has 2 rings (SSSR count). The van der Waals surface area contributed by atoms with Gasteiger partial charge in [-0.1, -0.05) is 28.1 Å². The van der Waals surface area contributed by atoms with Crippen LogP contribution < -0.4 is 5.32 Å². The van der Waals surface area contributed by atoms with E-state index in [2.05, 4.69) is 62.4 Å². The van der Waals surface area contributed by atoms with E-state index >= 15 is 0 Å². The van der Waals surface area contributed by atoms with Crippen molar-refractivity contribution in [1.82, 2.24) is 9.97 Å². The zero-order valence-corrected chi connectivity index (χ0v) is 11.2. The van der Waals surface area contributed by atoms with Crippen LogP contribution in [0.25, 0.3) is 0 Å². The van der Waals surface area contributed by atoms with Crippen molar-refractivity contribution < 1.29 is 0 Å². The van der Waals surface area contributed by atoms with Crippen LogP contribution in [0.1, 0.15) is 12.5 Å². The summed E-state index contributed by atoms with van der Waals surface area (Å²) in [5, 5.41) is 3.37. The molecule has 17 heavy (non-hydrogen) atoms. The van der Waals surface area contributed by atoms with Crippen LogP contribution >= 0.6 is 15.9 Å². The van der Waals surface area contributed by atoms with Crippen molar-refractivity contribution in [2.24, 2.45) is 0 Å². The smallest absolute Gasteiger partial charge is 0.115 e. The normalized spacial score (nSPS) is 12.1. The summed E-state index contributed by atoms with van der Waals surface area (Å²) in [7, 11) is 0. The molecule has 0 bridgehead atoms. The molecule has 1 aromatic heterocycles. The number of hydrogen-bond acceptors (Lipinski definition) is 3. The SMILES string of the molecule is CC(Cc1ccc(Br)cc1)Nc1cncnc1. The quantitative estimate of drug-likeness (QED) is 0.939. The number of nitrogens with one attached hydrogen (secondary N) is 1. The average molecular weight is 292 g/mol. The van der Waals surface area contributed by atoms with E-state index in [1.807, 2.05) is 0 Å². The minimum atomic E-state index is 0.349. The highest BCUT2D eigenvalue weighted by Gasteiger charge is 2.03. The predicted octanol–water partition coefficient (Wildman–Crippen LogP) is 3.28. The number of anilines is 1. The summed E-state index contributed by atoms with van der Waals surface area (Å²) in [6, 6.07) is 8.73. The fourth-order valence-electron chi connectivity index (χ4n) is 1.68. The van der Waals surface area contributed by atoms with Crippen LogP contribution in [0.2, 0.25) is 0 Å². The lowest BCUT2D eigenvalue weighted by Gasteiger charge is -2.14. The first-order valence-electron chi connectivity index (χ1n) is 5.50. The van der Waals surface area contributed by atoms with Crippen molar-refractivity contribution in [2.45, 2.75) is 19.4 Å². The molecule has 1 unspecified atom stereocenters. The maximum Gasteiger partial charge on any atom is 0.115 e. The molecule has 0 aliphatic carbocycles. The summed E-state index contributed by atoms with van der Waals surface area (Å²) in [4.78, 5) is 7.95. The van der Waals surface area contributed by atoms with Crippen molar-refractivity contribution in [2.75, 3.05) is 5.32 Å². The molecule has 2 aromatic rings. The standard InChI is InChI=1S/C13H14BrN3/c1-10(17-13-7-15-9-16-8-13)6-11-2-4-12(14)5-3-11/h2-5,7-10,17H,6H2,1H3. The molecular weight excluding hydrogens is 278 g/mol. The predicted molar refractivity (Wildman–Crippen MR) is 73.0 cm³/mol. The molecule has 0 aliphatic heterocycles. The Bertz CT molecular complexity index is 456. The third kappa shape index (κ3) is 3.82. The number of rotatable bonds is 4. The molecule has 1 atom stereocenters. The second kappa shape index (κ2) is 5.77. The molecule has 4 heteroatoms. The molecule has 3 nitrogen and oxygen atoms in total. The number of aromatic nitrogens is 2. The Morgan fingerprint density at radius 3 is 2.47 bits per heavy atom. The molecule has 0 aliphatic rings. The molecule has 1 N–H and O–H groups in total. The lowest BCUT2D eigenvalue weighted by molar-refractivity contribution is 0.788. The van der Waals surface area contributed by atoms with Gasteiger partial charge in [-0.05, 0) is 31.0 Å². The minimum absolute atomic E-state index is 0.349. The number of hydrogen-bond donors (Lipinski definition) is 1. The Labute approximate surface area is 109 Å². The summed E-state index contributed by atoms with van der Waals surface area (Å²) in [5.74, 6) is 0. The Kier molecular flexibility index (Phi) is 4.09. The van der Waals surface area contributed by atoms with E-state index in [-0.39, 0.29) is 0 Å². The second-order valence-corrected chi connectivity index (χ2v) is 4.92. The van der Waals surface area contributed by atoms with E-state index in [1.165, 1.54) is 11.9 Å². The lowest BCUT2D eigenvalue weighted by atomic mass is 10.1. The zero-order valence-electron chi connectivity index (χ0n) is 9.60. The van der Waals surface area contributed by atoms with Gasteiger partial charge in [0, 0.05) is 10.5 Å². The summed E-state index contributed by atoms with van der Waals surface area (Å²) < 4.78 is 1.11. The third-order valence-electron chi connectivity index (χ3n) is 2.43. The van der Waals surface area contributed by atoms with Gasteiger partial charge in [0.05, 0.1) is 18.1 Å². The Hall–Kier alpha value is -1.42. The summed E-state index contributed by atoms with van der Waals surface area (Å²) in [6.07, 6.45) is 6.07. The first kappa shape index (κ1) is 12.0. The fourth-order valence-corrected chi connectivity index (χ4v) is 1.95. The molecule has 0 saturated heterocycles. The van der Waals surface area contributed by atoms with Gasteiger partial charge < -0.3 is 5.32 Å². The van der Waals surface area contributed by atoms with Crippen LogP contribution in [0.15, 0.2) is 47.5 Å². The Balaban J connectivity index is 1.93. The van der Waals surface area contributed by atoms with Gasteiger partial charge in [0.25, 0.3) is 0 Å². The van der Waals surface area contributed by atoms with Gasteiger partial charge in [0.15, 0.2) is 0 Å². The summed E-state index contributed by atoms with van der Waals surface area (Å²) >= 11 is 3.43. The maximum absolute atomic E-state index is 3.98. The molecule has 0 radical (unpaired) electrons. The van der Waals surface area contributed by atoms with E-state index in [4.69, 9.17) is 0 Å². The Morgan fingerprint density at radius 1 is 1.18 bits per heavy atom. The topological polar surface area (TPSA) is 37.8 Å². The van der Waals surface area contributed by atoms with Crippen molar-refractivity contribution in [3.8, 4) is 0 Å². The highest BCUT2D eigenvalue weighted by atomic mass is 79.9. The first-order chi connectivity index (χ1) is 8.24. The summed E-state index contributed by atoms with van der Waals surface area (Å²) in [6.45, 7) is 2.15. The van der Waals surface area contributed by atoms with Crippen molar-refractivity contribution >= 4 is 21.6 Å². The van der Waals surface area contributed by atoms with Crippen molar-refractivity contribution in [1.29, 1.82) is 0 Å². The van der Waals surface area contributed by atoms with E-state index in [9.17, 15) is 0 Å². The van der Waals surface area contributed by atoms with Crippen LogP contribution in [0.5, 0.6) is 0 Å². The van der Waals surface area contributed by atoms with Crippen LogP contribution in [0.3, 0.4) is 0 Å². The minimum Gasteiger partial charge on any atom is -0.380 e. The highest BCUT2D eigenvalue weighted by molar-refractivity contribution is 9.10. The fraction of sp³-hybridized carbons (Fsp3) is 0.231. The molecule has 1 heterocycles. The molecule has 88 valence electrons.